The number of hydrogen-bond acceptors (Lipinski definition) is 6. The molecule has 5 N–H and O–H groups in total. The highest BCUT2D eigenvalue weighted by Crippen LogP contribution is 2.24. The molecule has 0 bridgehead atoms. The zero-order chi connectivity index (χ0) is 23.0. The molecule has 2 rings (SSSR count). The van der Waals surface area contributed by atoms with Gasteiger partial charge in [-0.15, -0.1) is 0 Å². The smallest absolute Gasteiger partial charge is 0.433 e. The summed E-state index contributed by atoms with van der Waals surface area (Å²) in [4.78, 5) is 40.8. The topological polar surface area (TPSA) is 135 Å². The number of amides is 3. The van der Waals surface area contributed by atoms with Crippen LogP contribution in [-0.4, -0.2) is 49.4 Å². The number of aliphatic imine (C=N–C) groups is 1. The van der Waals surface area contributed by atoms with Crippen molar-refractivity contribution in [2.45, 2.75) is 38.8 Å². The molecule has 1 aromatic carbocycles. The highest BCUT2D eigenvalue weighted by atomic mass is 35.5. The zero-order valence-electron chi connectivity index (χ0n) is 17.2. The summed E-state index contributed by atoms with van der Waals surface area (Å²) in [5.74, 6) is -1.32. The van der Waals surface area contributed by atoms with Crippen molar-refractivity contribution >= 4 is 47.3 Å². The van der Waals surface area contributed by atoms with E-state index in [2.05, 4.69) is 20.9 Å². The van der Waals surface area contributed by atoms with Gasteiger partial charge in [-0.2, -0.15) is 4.99 Å². The summed E-state index contributed by atoms with van der Waals surface area (Å²) >= 11 is 12.2. The maximum Gasteiger partial charge on any atom is 0.433 e. The number of nitrogens with zero attached hydrogens (tertiary/aromatic N) is 1. The van der Waals surface area contributed by atoms with E-state index in [1.807, 2.05) is 0 Å². The number of hydrogen-bond donors (Lipinski definition) is 4. The third-order valence-electron chi connectivity index (χ3n) is 4.28. The number of carbonyl (C=O) groups excluding carboxylic acids is 3. The Balaban J connectivity index is 2.29. The van der Waals surface area contributed by atoms with Gasteiger partial charge in [0.05, 0.1) is 33.6 Å². The number of nitrogens with one attached hydrogen (secondary N) is 3. The van der Waals surface area contributed by atoms with Crippen LogP contribution in [0.1, 0.15) is 37.0 Å². The molecular formula is C20H25Cl2N5O4. The van der Waals surface area contributed by atoms with Crippen molar-refractivity contribution in [2.24, 2.45) is 10.7 Å². The number of nitrogens with two attached hydrogens (primary N) is 1. The van der Waals surface area contributed by atoms with Crippen LogP contribution in [0.5, 0.6) is 0 Å². The standard InChI is InChI=1S/C20H25Cl2N5O4/c1-11(2)31-20(30)25-10-15(17(23)19(29)26-12-6-8-24-9-7-12)27-18(28)16-13(21)4-3-5-14(16)22/h3-5,10-12,24H,6-9,23H2,1-2H3,(H,26,29)(H,27,28)/b17-15+,25-10+. The van der Waals surface area contributed by atoms with Gasteiger partial charge in [0.15, 0.2) is 0 Å². The van der Waals surface area contributed by atoms with Crippen molar-refractivity contribution in [3.8, 4) is 0 Å². The van der Waals surface area contributed by atoms with E-state index in [4.69, 9.17) is 33.7 Å². The summed E-state index contributed by atoms with van der Waals surface area (Å²) < 4.78 is 4.93. The molecule has 1 aromatic rings. The first kappa shape index (κ1) is 24.6. The fourth-order valence-electron chi connectivity index (χ4n) is 2.77. The van der Waals surface area contributed by atoms with Crippen molar-refractivity contribution in [3.63, 3.8) is 0 Å². The maximum absolute atomic E-state index is 12.7. The molecule has 3 amide bonds. The van der Waals surface area contributed by atoms with Gasteiger partial charge in [-0.1, -0.05) is 29.3 Å². The summed E-state index contributed by atoms with van der Waals surface area (Å²) in [6.07, 6.45) is 1.15. The Bertz CT molecular complexity index is 875. The third kappa shape index (κ3) is 7.54. The van der Waals surface area contributed by atoms with Gasteiger partial charge in [0.2, 0.25) is 0 Å². The van der Waals surface area contributed by atoms with Crippen LogP contribution in [0.4, 0.5) is 4.79 Å². The van der Waals surface area contributed by atoms with Crippen LogP contribution < -0.4 is 21.7 Å². The van der Waals surface area contributed by atoms with Gasteiger partial charge in [0.1, 0.15) is 5.70 Å². The van der Waals surface area contributed by atoms with E-state index in [1.165, 1.54) is 12.1 Å². The first-order valence-corrected chi connectivity index (χ1v) is 10.5. The molecule has 168 valence electrons. The lowest BCUT2D eigenvalue weighted by molar-refractivity contribution is -0.118. The molecule has 1 aliphatic heterocycles. The van der Waals surface area contributed by atoms with Crippen LogP contribution in [-0.2, 0) is 9.53 Å². The monoisotopic (exact) mass is 469 g/mol. The minimum absolute atomic E-state index is 0.00643. The summed E-state index contributed by atoms with van der Waals surface area (Å²) in [5, 5.41) is 8.68. The van der Waals surface area contributed by atoms with Gasteiger partial charge in [-0.3, -0.25) is 9.59 Å². The predicted octanol–water partition coefficient (Wildman–Crippen LogP) is 2.38. The van der Waals surface area contributed by atoms with E-state index in [-0.39, 0.29) is 33.0 Å². The molecular weight excluding hydrogens is 445 g/mol. The molecule has 1 saturated heterocycles. The fraction of sp³-hybridized carbons (Fsp3) is 0.400. The second kappa shape index (κ2) is 11.7. The Hall–Kier alpha value is -2.62. The fourth-order valence-corrected chi connectivity index (χ4v) is 3.34. The van der Waals surface area contributed by atoms with Crippen molar-refractivity contribution in [2.75, 3.05) is 13.1 Å². The van der Waals surface area contributed by atoms with Gasteiger partial charge < -0.3 is 26.4 Å². The molecule has 0 unspecified atom stereocenters. The average Bonchev–Trinajstić information content (AvgIpc) is 2.70. The number of ether oxygens (including phenoxy) is 1. The zero-order valence-corrected chi connectivity index (χ0v) is 18.7. The number of carbonyl (C=O) groups is 3. The molecule has 0 aromatic heterocycles. The second-order valence-electron chi connectivity index (χ2n) is 7.07. The summed E-state index contributed by atoms with van der Waals surface area (Å²) in [7, 11) is 0. The largest absolute Gasteiger partial charge is 0.445 e. The molecule has 11 heteroatoms. The molecule has 1 heterocycles. The van der Waals surface area contributed by atoms with Crippen LogP contribution in [0, 0.1) is 0 Å². The Morgan fingerprint density at radius 3 is 2.42 bits per heavy atom. The maximum atomic E-state index is 12.7. The molecule has 0 atom stereocenters. The Morgan fingerprint density at radius 2 is 1.84 bits per heavy atom. The van der Waals surface area contributed by atoms with Crippen LogP contribution in [0.25, 0.3) is 0 Å². The van der Waals surface area contributed by atoms with Gasteiger partial charge in [-0.05, 0) is 51.9 Å². The lowest BCUT2D eigenvalue weighted by Crippen LogP contribution is -2.45. The number of halogens is 2. The van der Waals surface area contributed by atoms with E-state index >= 15 is 0 Å². The van der Waals surface area contributed by atoms with Crippen LogP contribution >= 0.6 is 23.2 Å². The van der Waals surface area contributed by atoms with E-state index < -0.39 is 24.0 Å². The first-order chi connectivity index (χ1) is 14.7. The molecule has 31 heavy (non-hydrogen) atoms. The normalized spacial score (nSPS) is 15.5. The Kier molecular flexibility index (Phi) is 9.29. The van der Waals surface area contributed by atoms with Crippen molar-refractivity contribution in [3.05, 3.63) is 45.2 Å². The average molecular weight is 470 g/mol. The van der Waals surface area contributed by atoms with Crippen LogP contribution in [0.3, 0.4) is 0 Å². The van der Waals surface area contributed by atoms with E-state index in [9.17, 15) is 14.4 Å². The Labute approximate surface area is 190 Å². The van der Waals surface area contributed by atoms with Gasteiger partial charge in [-0.25, -0.2) is 4.79 Å². The van der Waals surface area contributed by atoms with Gasteiger partial charge in [0.25, 0.3) is 11.8 Å². The first-order valence-electron chi connectivity index (χ1n) is 9.70. The third-order valence-corrected chi connectivity index (χ3v) is 4.91. The van der Waals surface area contributed by atoms with E-state index in [1.54, 1.807) is 19.9 Å². The SMILES string of the molecule is CC(C)OC(=O)/N=C/C(NC(=O)c1c(Cl)cccc1Cl)=C(\N)C(=O)NC1CCNCC1. The molecule has 1 aliphatic rings. The van der Waals surface area contributed by atoms with Gasteiger partial charge >= 0.3 is 6.09 Å². The second-order valence-corrected chi connectivity index (χ2v) is 7.88. The highest BCUT2D eigenvalue weighted by Gasteiger charge is 2.21. The summed E-state index contributed by atoms with van der Waals surface area (Å²) in [6, 6.07) is 4.51. The number of allylic oxidation sites excluding steroid dienone is 1. The van der Waals surface area contributed by atoms with Crippen molar-refractivity contribution in [1.82, 2.24) is 16.0 Å². The number of benzene rings is 1. The molecule has 0 spiro atoms. The summed E-state index contributed by atoms with van der Waals surface area (Å²) in [5.41, 5.74) is 5.48. The highest BCUT2D eigenvalue weighted by molar-refractivity contribution is 6.39. The quantitative estimate of drug-likeness (QED) is 0.373. The van der Waals surface area contributed by atoms with E-state index in [0.717, 1.165) is 32.1 Å². The summed E-state index contributed by atoms with van der Waals surface area (Å²) in [6.45, 7) is 4.86. The molecule has 0 aliphatic carbocycles. The minimum Gasteiger partial charge on any atom is -0.445 e. The molecule has 9 nitrogen and oxygen atoms in total. The van der Waals surface area contributed by atoms with E-state index in [0.29, 0.717) is 0 Å². The molecule has 0 saturated carbocycles. The van der Waals surface area contributed by atoms with Crippen LogP contribution in [0.2, 0.25) is 10.0 Å². The molecule has 1 fully saturated rings. The van der Waals surface area contributed by atoms with Crippen LogP contribution in [0.15, 0.2) is 34.6 Å². The van der Waals surface area contributed by atoms with Gasteiger partial charge in [0, 0.05) is 6.04 Å². The van der Waals surface area contributed by atoms with Crippen molar-refractivity contribution < 1.29 is 19.1 Å². The lowest BCUT2D eigenvalue weighted by Gasteiger charge is -2.24. The minimum atomic E-state index is -0.899. The predicted molar refractivity (Wildman–Crippen MR) is 119 cm³/mol. The van der Waals surface area contributed by atoms with Crippen molar-refractivity contribution in [1.29, 1.82) is 0 Å². The lowest BCUT2D eigenvalue weighted by atomic mass is 10.1. The Morgan fingerprint density at radius 1 is 1.23 bits per heavy atom. The molecule has 0 radical (unpaired) electrons. The number of piperidine rings is 1. The number of rotatable bonds is 6.